The van der Waals surface area contributed by atoms with E-state index >= 15 is 0 Å². The molecule has 1 aromatic heterocycles. The lowest BCUT2D eigenvalue weighted by Gasteiger charge is -2.33. The molecule has 2 fully saturated rings. The molecule has 2 aromatic rings. The van der Waals surface area contributed by atoms with Crippen molar-refractivity contribution in [2.45, 2.75) is 25.3 Å². The maximum Gasteiger partial charge on any atom is 0.226 e. The highest BCUT2D eigenvalue weighted by Gasteiger charge is 2.48. The molecule has 1 aliphatic carbocycles. The average Bonchev–Trinajstić information content (AvgIpc) is 3.24. The molecular formula is C18H20BrN3O2. The second kappa shape index (κ2) is 6.33. The molecule has 3 atom stereocenters. The van der Waals surface area contributed by atoms with Gasteiger partial charge in [-0.05, 0) is 31.0 Å². The number of rotatable bonds is 3. The number of amides is 1. The number of morpholine rings is 1. The number of hydrogen-bond donors (Lipinski definition) is 1. The van der Waals surface area contributed by atoms with Gasteiger partial charge in [0.2, 0.25) is 5.91 Å². The zero-order chi connectivity index (χ0) is 16.7. The molecule has 2 unspecified atom stereocenters. The number of benzene rings is 1. The van der Waals surface area contributed by atoms with Gasteiger partial charge in [0.05, 0.1) is 31.1 Å². The first-order valence-corrected chi connectivity index (χ1v) is 9.12. The lowest BCUT2D eigenvalue weighted by atomic mass is 10.2. The molecular weight excluding hydrogens is 370 g/mol. The van der Waals surface area contributed by atoms with E-state index in [-0.39, 0.29) is 23.8 Å². The molecule has 1 aliphatic heterocycles. The Kier molecular flexibility index (Phi) is 4.18. The molecule has 1 saturated heterocycles. The number of nitrogens with zero attached hydrogens (tertiary/aromatic N) is 2. The number of carbonyl (C=O) groups excluding carboxylic acids is 1. The van der Waals surface area contributed by atoms with E-state index < -0.39 is 0 Å². The predicted octanol–water partition coefficient (Wildman–Crippen LogP) is 3.19. The Bertz CT molecular complexity index is 743. The molecule has 0 bridgehead atoms. The van der Waals surface area contributed by atoms with Gasteiger partial charge >= 0.3 is 0 Å². The summed E-state index contributed by atoms with van der Waals surface area (Å²) in [6.45, 7) is 4.03. The Morgan fingerprint density at radius 1 is 1.38 bits per heavy atom. The predicted molar refractivity (Wildman–Crippen MR) is 94.6 cm³/mol. The van der Waals surface area contributed by atoms with Crippen LogP contribution in [0.25, 0.3) is 11.3 Å². The normalized spacial score (nSPS) is 26.4. The quantitative estimate of drug-likeness (QED) is 0.876. The van der Waals surface area contributed by atoms with Crippen LogP contribution in [0.1, 0.15) is 25.1 Å². The summed E-state index contributed by atoms with van der Waals surface area (Å²) in [5.74, 6) is 1.45. The second-order valence-electron chi connectivity index (χ2n) is 6.59. The molecule has 1 amide bonds. The van der Waals surface area contributed by atoms with Crippen molar-refractivity contribution < 1.29 is 9.53 Å². The van der Waals surface area contributed by atoms with Crippen molar-refractivity contribution >= 4 is 21.8 Å². The Morgan fingerprint density at radius 2 is 2.17 bits per heavy atom. The van der Waals surface area contributed by atoms with Crippen LogP contribution in [0, 0.1) is 5.92 Å². The van der Waals surface area contributed by atoms with Crippen LogP contribution in [0.2, 0.25) is 0 Å². The van der Waals surface area contributed by atoms with E-state index in [9.17, 15) is 4.79 Å². The van der Waals surface area contributed by atoms with Gasteiger partial charge in [-0.2, -0.15) is 0 Å². The minimum absolute atomic E-state index is 0.0643. The van der Waals surface area contributed by atoms with Crippen LogP contribution < -0.4 is 0 Å². The molecule has 0 spiro atoms. The number of aromatic amines is 1. The molecule has 1 aromatic carbocycles. The fourth-order valence-electron chi connectivity index (χ4n) is 3.34. The van der Waals surface area contributed by atoms with Crippen molar-refractivity contribution in [1.29, 1.82) is 0 Å². The molecule has 1 N–H and O–H groups in total. The van der Waals surface area contributed by atoms with Gasteiger partial charge in [0.1, 0.15) is 5.82 Å². The molecule has 1 saturated carbocycles. The summed E-state index contributed by atoms with van der Waals surface area (Å²) in [6, 6.07) is 8.29. The SMILES string of the molecule is C[C@@H]1COCCN1C(=O)C1CC1c1ncc(-c2ccc(Br)cc2)[nH]1. The first kappa shape index (κ1) is 15.8. The van der Waals surface area contributed by atoms with Crippen LogP contribution in [-0.2, 0) is 9.53 Å². The number of carbonyl (C=O) groups is 1. The summed E-state index contributed by atoms with van der Waals surface area (Å²) in [7, 11) is 0. The maximum atomic E-state index is 12.7. The van der Waals surface area contributed by atoms with Crippen LogP contribution in [0.15, 0.2) is 34.9 Å². The summed E-state index contributed by atoms with van der Waals surface area (Å²) >= 11 is 3.45. The highest BCUT2D eigenvalue weighted by molar-refractivity contribution is 9.10. The van der Waals surface area contributed by atoms with Gasteiger partial charge in [-0.25, -0.2) is 4.98 Å². The summed E-state index contributed by atoms with van der Waals surface area (Å²) < 4.78 is 6.47. The standard InChI is InChI=1S/C18H20BrN3O2/c1-11-10-24-7-6-22(11)18(23)15-8-14(15)17-20-9-16(21-17)12-2-4-13(19)5-3-12/h2-5,9,11,14-15H,6-8,10H2,1H3,(H,20,21)/t11-,14?,15?/m1/s1. The zero-order valence-corrected chi connectivity index (χ0v) is 15.1. The molecule has 0 radical (unpaired) electrons. The Hall–Kier alpha value is -1.66. The number of nitrogens with one attached hydrogen (secondary N) is 1. The van der Waals surface area contributed by atoms with E-state index in [0.29, 0.717) is 19.8 Å². The van der Waals surface area contributed by atoms with E-state index in [4.69, 9.17) is 4.74 Å². The third-order valence-electron chi connectivity index (χ3n) is 4.86. The van der Waals surface area contributed by atoms with E-state index in [1.807, 2.05) is 42.3 Å². The summed E-state index contributed by atoms with van der Waals surface area (Å²) in [5.41, 5.74) is 2.10. The minimum atomic E-state index is 0.0643. The first-order valence-electron chi connectivity index (χ1n) is 8.32. The molecule has 2 aliphatic rings. The molecule has 126 valence electrons. The van der Waals surface area contributed by atoms with Gasteiger partial charge in [0.15, 0.2) is 0 Å². The third-order valence-corrected chi connectivity index (χ3v) is 5.39. The Labute approximate surface area is 149 Å². The van der Waals surface area contributed by atoms with Crippen molar-refractivity contribution in [3.8, 4) is 11.3 Å². The van der Waals surface area contributed by atoms with Gasteiger partial charge in [0, 0.05) is 22.9 Å². The van der Waals surface area contributed by atoms with E-state index in [1.165, 1.54) is 0 Å². The van der Waals surface area contributed by atoms with E-state index in [1.54, 1.807) is 0 Å². The summed E-state index contributed by atoms with van der Waals surface area (Å²) in [6.07, 6.45) is 2.74. The smallest absolute Gasteiger partial charge is 0.226 e. The molecule has 24 heavy (non-hydrogen) atoms. The van der Waals surface area contributed by atoms with E-state index in [0.717, 1.165) is 28.0 Å². The number of imidazole rings is 1. The highest BCUT2D eigenvalue weighted by atomic mass is 79.9. The first-order chi connectivity index (χ1) is 11.6. The van der Waals surface area contributed by atoms with Crippen LogP contribution in [0.4, 0.5) is 0 Å². The lowest BCUT2D eigenvalue weighted by molar-refractivity contribution is -0.140. The van der Waals surface area contributed by atoms with Crippen LogP contribution in [-0.4, -0.2) is 46.6 Å². The molecule has 6 heteroatoms. The van der Waals surface area contributed by atoms with Gasteiger partial charge in [-0.3, -0.25) is 4.79 Å². The lowest BCUT2D eigenvalue weighted by Crippen LogP contribution is -2.47. The highest BCUT2D eigenvalue weighted by Crippen LogP contribution is 2.48. The van der Waals surface area contributed by atoms with Crippen LogP contribution >= 0.6 is 15.9 Å². The molecule has 5 nitrogen and oxygen atoms in total. The third kappa shape index (κ3) is 3.00. The fourth-order valence-corrected chi connectivity index (χ4v) is 3.60. The van der Waals surface area contributed by atoms with Crippen molar-refractivity contribution in [1.82, 2.24) is 14.9 Å². The van der Waals surface area contributed by atoms with E-state index in [2.05, 4.69) is 25.9 Å². The van der Waals surface area contributed by atoms with Crippen molar-refractivity contribution in [3.63, 3.8) is 0 Å². The molecule has 4 rings (SSSR count). The largest absolute Gasteiger partial charge is 0.377 e. The number of H-pyrrole nitrogens is 1. The van der Waals surface area contributed by atoms with Crippen molar-refractivity contribution in [2.24, 2.45) is 5.92 Å². The number of aromatic nitrogens is 2. The minimum Gasteiger partial charge on any atom is -0.377 e. The van der Waals surface area contributed by atoms with Crippen LogP contribution in [0.3, 0.4) is 0 Å². The maximum absolute atomic E-state index is 12.7. The van der Waals surface area contributed by atoms with Crippen molar-refractivity contribution in [3.05, 3.63) is 40.8 Å². The van der Waals surface area contributed by atoms with Gasteiger partial charge < -0.3 is 14.6 Å². The summed E-state index contributed by atoms with van der Waals surface area (Å²) in [4.78, 5) is 22.6. The van der Waals surface area contributed by atoms with Crippen molar-refractivity contribution in [2.75, 3.05) is 19.8 Å². The Morgan fingerprint density at radius 3 is 2.92 bits per heavy atom. The van der Waals surface area contributed by atoms with Gasteiger partial charge in [-0.1, -0.05) is 28.1 Å². The zero-order valence-electron chi connectivity index (χ0n) is 13.5. The Balaban J connectivity index is 1.45. The summed E-state index contributed by atoms with van der Waals surface area (Å²) in [5, 5.41) is 0. The number of ether oxygens (including phenoxy) is 1. The van der Waals surface area contributed by atoms with Crippen LogP contribution in [0.5, 0.6) is 0 Å². The fraction of sp³-hybridized carbons (Fsp3) is 0.444. The van der Waals surface area contributed by atoms with Gasteiger partial charge in [0.25, 0.3) is 0 Å². The topological polar surface area (TPSA) is 58.2 Å². The van der Waals surface area contributed by atoms with Gasteiger partial charge in [-0.15, -0.1) is 0 Å². The number of halogens is 1. The monoisotopic (exact) mass is 389 g/mol. The average molecular weight is 390 g/mol. The number of hydrogen-bond acceptors (Lipinski definition) is 3. The second-order valence-corrected chi connectivity index (χ2v) is 7.51. The molecule has 2 heterocycles.